The van der Waals surface area contributed by atoms with Crippen molar-refractivity contribution in [1.82, 2.24) is 4.57 Å². The van der Waals surface area contributed by atoms with E-state index in [4.69, 9.17) is 0 Å². The van der Waals surface area contributed by atoms with E-state index in [9.17, 15) is 0 Å². The van der Waals surface area contributed by atoms with Crippen LogP contribution in [0.5, 0.6) is 0 Å². The molecule has 0 N–H and O–H groups in total. The molecule has 0 aliphatic heterocycles. The van der Waals surface area contributed by atoms with Gasteiger partial charge in [0.25, 0.3) is 0 Å². The van der Waals surface area contributed by atoms with Gasteiger partial charge in [-0.05, 0) is 25.1 Å². The molecular formula is C20H21N2+. The van der Waals surface area contributed by atoms with E-state index in [-0.39, 0.29) is 0 Å². The fraction of sp³-hybridized carbons (Fsp3) is 0.150. The van der Waals surface area contributed by atoms with Crippen LogP contribution >= 0.6 is 0 Å². The molecule has 0 amide bonds. The predicted molar refractivity (Wildman–Crippen MR) is 93.4 cm³/mol. The highest BCUT2D eigenvalue weighted by molar-refractivity contribution is 5.93. The van der Waals surface area contributed by atoms with Crippen molar-refractivity contribution in [3.05, 3.63) is 78.3 Å². The molecule has 0 unspecified atom stereocenters. The smallest absolute Gasteiger partial charge is 0.204 e. The van der Waals surface area contributed by atoms with E-state index in [1.54, 1.807) is 0 Å². The monoisotopic (exact) mass is 289 g/mol. The number of para-hydroxylation sites is 1. The van der Waals surface area contributed by atoms with E-state index in [2.05, 4.69) is 84.4 Å². The summed E-state index contributed by atoms with van der Waals surface area (Å²) in [7, 11) is 2.06. The highest BCUT2D eigenvalue weighted by Gasteiger charge is 2.11. The van der Waals surface area contributed by atoms with Crippen LogP contribution in [-0.2, 0) is 13.6 Å². The molecule has 1 aromatic carbocycles. The number of hydrogen-bond acceptors (Lipinski definition) is 0. The molecule has 2 heterocycles. The number of allylic oxidation sites excluding steroid dienone is 1. The minimum atomic E-state index is 0.833. The van der Waals surface area contributed by atoms with Crippen molar-refractivity contribution < 1.29 is 4.57 Å². The van der Waals surface area contributed by atoms with E-state index in [0.717, 1.165) is 6.54 Å². The van der Waals surface area contributed by atoms with Gasteiger partial charge in [0, 0.05) is 46.9 Å². The van der Waals surface area contributed by atoms with Crippen LogP contribution in [0.4, 0.5) is 0 Å². The van der Waals surface area contributed by atoms with Gasteiger partial charge in [-0.3, -0.25) is 0 Å². The summed E-state index contributed by atoms with van der Waals surface area (Å²) in [5, 5.41) is 1.29. The Kier molecular flexibility index (Phi) is 3.92. The SMILES string of the molecule is C=CCn1c(C)c(/C=C/c2cccc[n+]2C)c2ccccc21. The van der Waals surface area contributed by atoms with Gasteiger partial charge in [0.2, 0.25) is 5.69 Å². The molecular weight excluding hydrogens is 268 g/mol. The predicted octanol–water partition coefficient (Wildman–Crippen LogP) is 4.13. The second-order valence-corrected chi connectivity index (χ2v) is 5.49. The molecule has 2 nitrogen and oxygen atoms in total. The van der Waals surface area contributed by atoms with Gasteiger partial charge in [0.15, 0.2) is 6.20 Å². The lowest BCUT2D eigenvalue weighted by Gasteiger charge is -2.03. The Morgan fingerprint density at radius 3 is 2.64 bits per heavy atom. The summed E-state index contributed by atoms with van der Waals surface area (Å²) in [5.74, 6) is 0. The van der Waals surface area contributed by atoms with Crippen LogP contribution < -0.4 is 4.57 Å². The Hall–Kier alpha value is -2.61. The minimum absolute atomic E-state index is 0.833. The molecule has 3 aromatic rings. The van der Waals surface area contributed by atoms with Gasteiger partial charge in [-0.2, -0.15) is 0 Å². The van der Waals surface area contributed by atoms with Crippen LogP contribution in [0.3, 0.4) is 0 Å². The molecule has 3 rings (SSSR count). The van der Waals surface area contributed by atoms with E-state index < -0.39 is 0 Å². The quantitative estimate of drug-likeness (QED) is 0.504. The number of fused-ring (bicyclic) bond motifs is 1. The molecule has 0 saturated carbocycles. The van der Waals surface area contributed by atoms with Crippen LogP contribution in [0.25, 0.3) is 23.1 Å². The Morgan fingerprint density at radius 1 is 1.09 bits per heavy atom. The number of aromatic nitrogens is 2. The molecule has 0 fully saturated rings. The van der Waals surface area contributed by atoms with Crippen molar-refractivity contribution in [1.29, 1.82) is 0 Å². The van der Waals surface area contributed by atoms with Gasteiger partial charge in [-0.25, -0.2) is 4.57 Å². The van der Waals surface area contributed by atoms with Gasteiger partial charge < -0.3 is 4.57 Å². The van der Waals surface area contributed by atoms with Gasteiger partial charge in [-0.1, -0.05) is 24.3 Å². The summed E-state index contributed by atoms with van der Waals surface area (Å²) in [6.45, 7) is 6.88. The first-order valence-electron chi connectivity index (χ1n) is 7.54. The zero-order valence-corrected chi connectivity index (χ0v) is 13.2. The second kappa shape index (κ2) is 6.02. The molecule has 110 valence electrons. The van der Waals surface area contributed by atoms with E-state index in [1.165, 1.54) is 27.9 Å². The third kappa shape index (κ3) is 2.48. The van der Waals surface area contributed by atoms with Crippen LogP contribution in [0.1, 0.15) is 17.0 Å². The largest absolute Gasteiger partial charge is 0.340 e. The van der Waals surface area contributed by atoms with Crippen LogP contribution in [0, 0.1) is 6.92 Å². The fourth-order valence-corrected chi connectivity index (χ4v) is 2.91. The van der Waals surface area contributed by atoms with Crippen molar-refractivity contribution in [2.75, 3.05) is 0 Å². The minimum Gasteiger partial charge on any atom is -0.340 e. The molecule has 2 heteroatoms. The van der Waals surface area contributed by atoms with Gasteiger partial charge >= 0.3 is 0 Å². The molecule has 0 aliphatic carbocycles. The highest BCUT2D eigenvalue weighted by atomic mass is 15.0. The average molecular weight is 289 g/mol. The Morgan fingerprint density at radius 2 is 1.86 bits per heavy atom. The molecule has 22 heavy (non-hydrogen) atoms. The molecule has 0 spiro atoms. The summed E-state index contributed by atoms with van der Waals surface area (Å²) < 4.78 is 4.43. The van der Waals surface area contributed by atoms with Crippen LogP contribution in [-0.4, -0.2) is 4.57 Å². The lowest BCUT2D eigenvalue weighted by molar-refractivity contribution is -0.673. The third-order valence-electron chi connectivity index (χ3n) is 4.11. The highest BCUT2D eigenvalue weighted by Crippen LogP contribution is 2.27. The third-order valence-corrected chi connectivity index (χ3v) is 4.11. The molecule has 0 aliphatic rings. The Balaban J connectivity index is 2.13. The maximum atomic E-state index is 3.88. The average Bonchev–Trinajstić information content (AvgIpc) is 2.80. The summed E-state index contributed by atoms with van der Waals surface area (Å²) in [4.78, 5) is 0. The van der Waals surface area contributed by atoms with Crippen molar-refractivity contribution in [3.63, 3.8) is 0 Å². The number of pyridine rings is 1. The number of benzene rings is 1. The molecule has 0 atom stereocenters. The summed E-state index contributed by atoms with van der Waals surface area (Å²) in [6.07, 6.45) is 8.40. The van der Waals surface area contributed by atoms with Crippen LogP contribution in [0.2, 0.25) is 0 Å². The molecule has 0 radical (unpaired) electrons. The van der Waals surface area contributed by atoms with Gasteiger partial charge in [0.1, 0.15) is 7.05 Å². The number of nitrogens with zero attached hydrogens (tertiary/aromatic N) is 2. The molecule has 2 aromatic heterocycles. The second-order valence-electron chi connectivity index (χ2n) is 5.49. The number of aryl methyl sites for hydroxylation is 1. The van der Waals surface area contributed by atoms with E-state index >= 15 is 0 Å². The molecule has 0 saturated heterocycles. The van der Waals surface area contributed by atoms with Gasteiger partial charge in [-0.15, -0.1) is 6.58 Å². The van der Waals surface area contributed by atoms with E-state index in [0.29, 0.717) is 0 Å². The van der Waals surface area contributed by atoms with E-state index in [1.807, 2.05) is 12.1 Å². The van der Waals surface area contributed by atoms with Crippen molar-refractivity contribution in [3.8, 4) is 0 Å². The summed E-state index contributed by atoms with van der Waals surface area (Å²) >= 11 is 0. The standard InChI is InChI=1S/C20H21N2/c1-4-14-22-16(2)18(19-10-5-6-11-20(19)22)13-12-17-9-7-8-15-21(17)3/h4-13,15H,1,14H2,2-3H3/q+1. The normalized spacial score (nSPS) is 11.4. The first kappa shape index (κ1) is 14.3. The zero-order valence-electron chi connectivity index (χ0n) is 13.2. The zero-order chi connectivity index (χ0) is 15.5. The van der Waals surface area contributed by atoms with Crippen molar-refractivity contribution >= 4 is 23.1 Å². The van der Waals surface area contributed by atoms with Crippen molar-refractivity contribution in [2.45, 2.75) is 13.5 Å². The molecule has 0 bridgehead atoms. The number of rotatable bonds is 4. The first-order valence-corrected chi connectivity index (χ1v) is 7.54. The topological polar surface area (TPSA) is 8.81 Å². The Labute approximate surface area is 131 Å². The fourth-order valence-electron chi connectivity index (χ4n) is 2.91. The van der Waals surface area contributed by atoms with Crippen molar-refractivity contribution in [2.24, 2.45) is 7.05 Å². The first-order chi connectivity index (χ1) is 10.7. The summed E-state index contributed by atoms with van der Waals surface area (Å²) in [5.41, 5.74) is 5.00. The maximum Gasteiger partial charge on any atom is 0.204 e. The van der Waals surface area contributed by atoms with Gasteiger partial charge in [0.05, 0.1) is 0 Å². The lowest BCUT2D eigenvalue weighted by Crippen LogP contribution is -2.30. The lowest BCUT2D eigenvalue weighted by atomic mass is 10.1. The van der Waals surface area contributed by atoms with Crippen LogP contribution in [0.15, 0.2) is 61.3 Å². The summed E-state index contributed by atoms with van der Waals surface area (Å²) in [6, 6.07) is 14.8. The Bertz CT molecular complexity index is 853. The maximum absolute atomic E-state index is 3.88. The number of hydrogen-bond donors (Lipinski definition) is 0.